The van der Waals surface area contributed by atoms with Crippen LogP contribution in [0.5, 0.6) is 6.01 Å². The summed E-state index contributed by atoms with van der Waals surface area (Å²) in [5, 5.41) is 13.0. The lowest BCUT2D eigenvalue weighted by molar-refractivity contribution is -0.131. The number of benzene rings is 2. The molecule has 0 N–H and O–H groups in total. The van der Waals surface area contributed by atoms with Gasteiger partial charge in [-0.05, 0) is 61.7 Å². The van der Waals surface area contributed by atoms with Gasteiger partial charge in [0.1, 0.15) is 17.9 Å². The number of nitrogens with zero attached hydrogens (tertiary/aromatic N) is 6. The smallest absolute Gasteiger partial charge is 0.319 e. The van der Waals surface area contributed by atoms with Gasteiger partial charge in [-0.25, -0.2) is 8.78 Å². The minimum atomic E-state index is -1.06. The van der Waals surface area contributed by atoms with E-state index in [1.807, 2.05) is 40.6 Å². The van der Waals surface area contributed by atoms with Crippen LogP contribution in [0.1, 0.15) is 32.1 Å². The number of piperazine rings is 1. The number of carbonyl (C=O) groups excluding carboxylic acids is 1. The van der Waals surface area contributed by atoms with Crippen LogP contribution in [0.3, 0.4) is 0 Å². The van der Waals surface area contributed by atoms with Crippen LogP contribution in [-0.2, 0) is 4.79 Å². The maximum Gasteiger partial charge on any atom is 0.319 e. The number of nitriles is 1. The first-order chi connectivity index (χ1) is 21.4. The van der Waals surface area contributed by atoms with Crippen LogP contribution in [0, 0.1) is 17.1 Å². The predicted octanol–water partition coefficient (Wildman–Crippen LogP) is 6.07. The molecular weight excluding hydrogens is 582 g/mol. The molecule has 0 spiro atoms. The van der Waals surface area contributed by atoms with E-state index in [0.717, 1.165) is 54.4 Å². The molecule has 0 bridgehead atoms. The Kier molecular flexibility index (Phi) is 7.42. The van der Waals surface area contributed by atoms with E-state index in [-0.39, 0.29) is 36.6 Å². The van der Waals surface area contributed by atoms with E-state index in [2.05, 4.69) is 22.5 Å². The van der Waals surface area contributed by atoms with Gasteiger partial charge in [-0.2, -0.15) is 15.2 Å². The van der Waals surface area contributed by atoms with Crippen molar-refractivity contribution in [2.24, 2.45) is 0 Å². The second kappa shape index (κ2) is 11.4. The van der Waals surface area contributed by atoms with Gasteiger partial charge >= 0.3 is 6.01 Å². The standard InChI is InChI=1S/C33H32F2N6O2S/c1-21(34)31(42)41-17-16-39(19-23(41)9-13-36)30-26-8-7-24(25-6-2-5-22-10-18-44-29(22)25)27(35)28(26)37-32(38-30)43-20-33-11-3-14-40(33)15-4-12-33/h2,5-8,10,18,23H,1,3-4,9,11-12,14-17,19-20H2/t23-/m0/s1. The number of hydrogen-bond acceptors (Lipinski definition) is 8. The number of amides is 1. The summed E-state index contributed by atoms with van der Waals surface area (Å²) in [6.45, 7) is 6.36. The Bertz CT molecular complexity index is 1810. The Morgan fingerprint density at radius 3 is 2.70 bits per heavy atom. The van der Waals surface area contributed by atoms with Crippen LogP contribution in [0.15, 0.2) is 54.2 Å². The first-order valence-corrected chi connectivity index (χ1v) is 15.9. The number of hydrogen-bond donors (Lipinski definition) is 0. The fourth-order valence-corrected chi connectivity index (χ4v) is 8.18. The third-order valence-electron chi connectivity index (χ3n) is 9.42. The molecule has 11 heteroatoms. The molecule has 226 valence electrons. The van der Waals surface area contributed by atoms with Crippen LogP contribution in [0.2, 0.25) is 0 Å². The second-order valence-electron chi connectivity index (χ2n) is 11.9. The average molecular weight is 615 g/mol. The van der Waals surface area contributed by atoms with E-state index >= 15 is 4.39 Å². The summed E-state index contributed by atoms with van der Waals surface area (Å²) in [6.07, 6.45) is 4.33. The lowest BCUT2D eigenvalue weighted by atomic mass is 9.95. The number of anilines is 1. The summed E-state index contributed by atoms with van der Waals surface area (Å²) in [5.41, 5.74) is 1.33. The molecule has 0 saturated carbocycles. The third kappa shape index (κ3) is 4.86. The highest BCUT2D eigenvalue weighted by Gasteiger charge is 2.45. The second-order valence-corrected chi connectivity index (χ2v) is 12.8. The first kappa shape index (κ1) is 28.6. The molecule has 0 radical (unpaired) electrons. The molecule has 3 aliphatic rings. The lowest BCUT2D eigenvalue weighted by Gasteiger charge is -2.41. The van der Waals surface area contributed by atoms with Gasteiger partial charge in [-0.3, -0.25) is 9.69 Å². The highest BCUT2D eigenvalue weighted by Crippen LogP contribution is 2.41. The van der Waals surface area contributed by atoms with Gasteiger partial charge in [0.05, 0.1) is 24.1 Å². The number of carbonyl (C=O) groups is 1. The fraction of sp³-hybridized carbons (Fsp3) is 0.394. The van der Waals surface area contributed by atoms with Gasteiger partial charge in [0.15, 0.2) is 11.6 Å². The number of ether oxygens (including phenoxy) is 1. The highest BCUT2D eigenvalue weighted by molar-refractivity contribution is 7.17. The van der Waals surface area contributed by atoms with Crippen LogP contribution in [0.4, 0.5) is 14.6 Å². The molecule has 8 nitrogen and oxygen atoms in total. The van der Waals surface area contributed by atoms with Crippen molar-refractivity contribution in [2.75, 3.05) is 44.2 Å². The zero-order chi connectivity index (χ0) is 30.4. The van der Waals surface area contributed by atoms with Crippen LogP contribution in [0.25, 0.3) is 32.1 Å². The molecule has 0 aliphatic carbocycles. The predicted molar refractivity (Wildman–Crippen MR) is 167 cm³/mol. The molecule has 4 aromatic rings. The summed E-state index contributed by atoms with van der Waals surface area (Å²) < 4.78 is 37.7. The Balaban J connectivity index is 1.31. The van der Waals surface area contributed by atoms with Gasteiger partial charge in [0, 0.05) is 40.8 Å². The minimum absolute atomic E-state index is 0.00355. The van der Waals surface area contributed by atoms with Gasteiger partial charge in [0.25, 0.3) is 5.91 Å². The monoisotopic (exact) mass is 614 g/mol. The van der Waals surface area contributed by atoms with Gasteiger partial charge < -0.3 is 14.5 Å². The van der Waals surface area contributed by atoms with Crippen molar-refractivity contribution in [2.45, 2.75) is 43.7 Å². The van der Waals surface area contributed by atoms with Crippen LogP contribution >= 0.6 is 11.3 Å². The molecule has 3 aliphatic heterocycles. The number of halogens is 2. The van der Waals surface area contributed by atoms with Crippen molar-refractivity contribution in [1.29, 1.82) is 5.26 Å². The SMILES string of the molecule is C=C(F)C(=O)N1CCN(c2nc(OCC34CCCN3CCC4)nc3c(F)c(-c4cccc5ccsc45)ccc23)C[C@@H]1CC#N. The van der Waals surface area contributed by atoms with Crippen LogP contribution < -0.4 is 9.64 Å². The maximum atomic E-state index is 16.6. The first-order valence-electron chi connectivity index (χ1n) is 15.0. The van der Waals surface area contributed by atoms with E-state index in [1.54, 1.807) is 17.4 Å². The van der Waals surface area contributed by atoms with E-state index in [4.69, 9.17) is 9.72 Å². The lowest BCUT2D eigenvalue weighted by Crippen LogP contribution is -2.55. The zero-order valence-electron chi connectivity index (χ0n) is 24.3. The molecular formula is C33H32F2N6O2S. The molecule has 5 heterocycles. The number of aromatic nitrogens is 2. The third-order valence-corrected chi connectivity index (χ3v) is 10.4. The zero-order valence-corrected chi connectivity index (χ0v) is 25.1. The number of rotatable bonds is 7. The molecule has 1 amide bonds. The molecule has 3 saturated heterocycles. The molecule has 0 unspecified atom stereocenters. The summed E-state index contributed by atoms with van der Waals surface area (Å²) in [6, 6.07) is 13.1. The summed E-state index contributed by atoms with van der Waals surface area (Å²) in [5.74, 6) is -1.88. The highest BCUT2D eigenvalue weighted by atomic mass is 32.1. The van der Waals surface area contributed by atoms with Crippen molar-refractivity contribution in [3.05, 3.63) is 60.0 Å². The topological polar surface area (TPSA) is 85.6 Å². The quantitative estimate of drug-likeness (QED) is 0.234. The molecule has 2 aromatic heterocycles. The van der Waals surface area contributed by atoms with E-state index < -0.39 is 23.6 Å². The van der Waals surface area contributed by atoms with Gasteiger partial charge in [-0.15, -0.1) is 11.3 Å². The van der Waals surface area contributed by atoms with E-state index in [0.29, 0.717) is 29.9 Å². The van der Waals surface area contributed by atoms with Crippen molar-refractivity contribution in [3.63, 3.8) is 0 Å². The summed E-state index contributed by atoms with van der Waals surface area (Å²) in [4.78, 5) is 27.7. The summed E-state index contributed by atoms with van der Waals surface area (Å²) >= 11 is 1.56. The Labute approximate surface area is 258 Å². The summed E-state index contributed by atoms with van der Waals surface area (Å²) in [7, 11) is 0. The van der Waals surface area contributed by atoms with E-state index in [9.17, 15) is 14.4 Å². The number of fused-ring (bicyclic) bond motifs is 3. The van der Waals surface area contributed by atoms with Crippen molar-refractivity contribution >= 4 is 44.1 Å². The van der Waals surface area contributed by atoms with Crippen LogP contribution in [-0.4, -0.2) is 76.6 Å². The molecule has 44 heavy (non-hydrogen) atoms. The van der Waals surface area contributed by atoms with Gasteiger partial charge in [0.2, 0.25) is 0 Å². The number of thiophene rings is 1. The molecule has 2 aromatic carbocycles. The molecule has 1 atom stereocenters. The molecule has 7 rings (SSSR count). The largest absolute Gasteiger partial charge is 0.461 e. The van der Waals surface area contributed by atoms with Crippen molar-refractivity contribution in [1.82, 2.24) is 19.8 Å². The Morgan fingerprint density at radius 2 is 1.93 bits per heavy atom. The van der Waals surface area contributed by atoms with Gasteiger partial charge in [-0.1, -0.05) is 30.8 Å². The molecule has 3 fully saturated rings. The normalized spacial score (nSPS) is 19.8. The van der Waals surface area contributed by atoms with E-state index in [1.165, 1.54) is 4.90 Å². The Hall–Kier alpha value is -4.14. The fourth-order valence-electron chi connectivity index (χ4n) is 7.26. The van der Waals surface area contributed by atoms with Crippen molar-refractivity contribution in [3.8, 4) is 23.2 Å². The maximum absolute atomic E-state index is 16.6. The average Bonchev–Trinajstić information content (AvgIpc) is 3.76. The van der Waals surface area contributed by atoms with Crippen molar-refractivity contribution < 1.29 is 18.3 Å². The minimum Gasteiger partial charge on any atom is -0.461 e. The Morgan fingerprint density at radius 1 is 1.11 bits per heavy atom.